The molecule has 0 aromatic rings. The molecule has 0 radical (unpaired) electrons. The zero-order valence-electron chi connectivity index (χ0n) is 40.2. The third kappa shape index (κ3) is 32.5. The van der Waals surface area contributed by atoms with Gasteiger partial charge >= 0.3 is 23.9 Å². The highest BCUT2D eigenvalue weighted by Gasteiger charge is 2.50. The Hall–Kier alpha value is -3.84. The van der Waals surface area contributed by atoms with E-state index < -0.39 is 67.3 Å². The largest absolute Gasteiger partial charge is 0.479 e. The fraction of sp³-hybridized carbons (Fsp3) is 0.698. The topological polar surface area (TPSA) is 175 Å². The maximum absolute atomic E-state index is 13.0. The molecule has 0 saturated carbocycles. The molecule has 1 fully saturated rings. The minimum absolute atomic E-state index is 0.0632. The molecule has 0 amide bonds. The molecule has 1 saturated heterocycles. The first kappa shape index (κ1) is 59.2. The summed E-state index contributed by atoms with van der Waals surface area (Å²) < 4.78 is 28.1. The van der Waals surface area contributed by atoms with Gasteiger partial charge in [0.1, 0.15) is 18.8 Å². The van der Waals surface area contributed by atoms with Crippen LogP contribution >= 0.6 is 0 Å². The van der Waals surface area contributed by atoms with Crippen molar-refractivity contribution in [1.29, 1.82) is 0 Å². The van der Waals surface area contributed by atoms with Crippen LogP contribution < -0.4 is 0 Å². The molecule has 12 heteroatoms. The van der Waals surface area contributed by atoms with Crippen LogP contribution in [0.25, 0.3) is 0 Å². The van der Waals surface area contributed by atoms with E-state index in [0.29, 0.717) is 25.7 Å². The van der Waals surface area contributed by atoms with Crippen LogP contribution in [-0.2, 0) is 42.9 Å². The van der Waals surface area contributed by atoms with E-state index >= 15 is 0 Å². The lowest BCUT2D eigenvalue weighted by Crippen LogP contribution is -2.61. The minimum atomic E-state index is -1.93. The van der Waals surface area contributed by atoms with Gasteiger partial charge in [0.25, 0.3) is 0 Å². The van der Waals surface area contributed by atoms with Crippen molar-refractivity contribution >= 4 is 23.9 Å². The Morgan fingerprint density at radius 1 is 0.523 bits per heavy atom. The van der Waals surface area contributed by atoms with Gasteiger partial charge in [-0.05, 0) is 70.6 Å². The second-order valence-corrected chi connectivity index (χ2v) is 16.7. The minimum Gasteiger partial charge on any atom is -0.479 e. The predicted molar refractivity (Wildman–Crippen MR) is 257 cm³/mol. The van der Waals surface area contributed by atoms with Crippen LogP contribution in [0.4, 0.5) is 0 Å². The molecular weight excluding hydrogens is 829 g/mol. The van der Waals surface area contributed by atoms with Crippen molar-refractivity contribution in [2.24, 2.45) is 0 Å². The maximum atomic E-state index is 13.0. The van der Waals surface area contributed by atoms with E-state index in [-0.39, 0.29) is 25.9 Å². The highest BCUT2D eigenvalue weighted by Crippen LogP contribution is 2.26. The number of allylic oxidation sites excluding steroid dienone is 12. The molecule has 6 atom stereocenters. The number of aliphatic hydroxyl groups excluding tert-OH is 2. The average molecular weight is 915 g/mol. The van der Waals surface area contributed by atoms with Gasteiger partial charge in [-0.15, -0.1) is 0 Å². The molecule has 6 unspecified atom stereocenters. The number of carboxylic acid groups (broad SMARTS) is 1. The number of ether oxygens (including phenoxy) is 5. The number of carboxylic acids is 1. The van der Waals surface area contributed by atoms with E-state index in [2.05, 4.69) is 75.5 Å². The molecule has 12 nitrogen and oxygen atoms in total. The van der Waals surface area contributed by atoms with Crippen LogP contribution in [0.15, 0.2) is 72.9 Å². The number of aliphatic hydroxyl groups is 2. The summed E-state index contributed by atoms with van der Waals surface area (Å²) in [6.45, 7) is 5.69. The van der Waals surface area contributed by atoms with E-state index in [1.54, 1.807) is 0 Å². The molecule has 0 bridgehead atoms. The molecule has 1 rings (SSSR count). The van der Waals surface area contributed by atoms with Crippen molar-refractivity contribution in [2.45, 2.75) is 225 Å². The van der Waals surface area contributed by atoms with Gasteiger partial charge in [-0.3, -0.25) is 14.4 Å². The number of hydrogen-bond donors (Lipinski definition) is 3. The number of hydrogen-bond acceptors (Lipinski definition) is 11. The number of esters is 3. The van der Waals surface area contributed by atoms with Crippen LogP contribution in [0.1, 0.15) is 188 Å². The standard InChI is InChI=1S/C53H86O12/c1-4-7-10-13-16-19-21-23-25-28-30-33-36-39-45(54)61-42-44(63-46(55)40-37-34-31-27-18-15-12-9-6-3)43-62-53-51(49(58)48(57)50(65-53)52(59)60)64-47(56)41-38-35-32-29-26-24-22-20-17-14-11-8-5-2/h8,10-11,13,17,19-21,24,26,32,35,44,48-51,53,57-58H,4-7,9,12,14-16,18,22-23,25,27-31,33-34,36-43H2,1-3H3,(H,59,60)/b11-8-,13-10-,20-17-,21-19-,26-24-,35-32-. The lowest BCUT2D eigenvalue weighted by molar-refractivity contribution is -0.301. The van der Waals surface area contributed by atoms with E-state index in [1.807, 2.05) is 18.2 Å². The van der Waals surface area contributed by atoms with Crippen molar-refractivity contribution in [3.05, 3.63) is 72.9 Å². The SMILES string of the molecule is CC/C=C\C/C=C\C/C=C\C/C=C\CCC(=O)OC1C(OCC(COC(=O)CCCCCCC/C=C\C/C=C\CCC)OC(=O)CCCCCCCCCCC)OC(C(=O)O)C(O)C1O. The predicted octanol–water partition coefficient (Wildman–Crippen LogP) is 11.4. The first-order valence-corrected chi connectivity index (χ1v) is 24.9. The fourth-order valence-corrected chi connectivity index (χ4v) is 6.95. The number of unbranched alkanes of at least 4 members (excludes halogenated alkanes) is 14. The van der Waals surface area contributed by atoms with Gasteiger partial charge in [-0.2, -0.15) is 0 Å². The quantitative estimate of drug-likeness (QED) is 0.0230. The highest BCUT2D eigenvalue weighted by atomic mass is 16.7. The Bertz CT molecular complexity index is 1410. The second kappa shape index (κ2) is 41.6. The monoisotopic (exact) mass is 915 g/mol. The van der Waals surface area contributed by atoms with Crippen molar-refractivity contribution < 1.29 is 58.2 Å². The molecule has 0 spiro atoms. The molecule has 0 aromatic heterocycles. The molecule has 1 aliphatic heterocycles. The zero-order valence-corrected chi connectivity index (χ0v) is 40.2. The number of carbonyl (C=O) groups is 4. The van der Waals surface area contributed by atoms with Crippen LogP contribution in [-0.4, -0.2) is 89.2 Å². The lowest BCUT2D eigenvalue weighted by Gasteiger charge is -2.40. The molecule has 0 aliphatic carbocycles. The molecule has 1 heterocycles. The Balaban J connectivity index is 2.79. The Labute approximate surface area is 391 Å². The third-order valence-electron chi connectivity index (χ3n) is 10.8. The molecule has 65 heavy (non-hydrogen) atoms. The molecule has 0 aromatic carbocycles. The van der Waals surface area contributed by atoms with Crippen molar-refractivity contribution in [3.8, 4) is 0 Å². The van der Waals surface area contributed by atoms with Crippen molar-refractivity contribution in [1.82, 2.24) is 0 Å². The van der Waals surface area contributed by atoms with Crippen LogP contribution in [0, 0.1) is 0 Å². The van der Waals surface area contributed by atoms with Crippen LogP contribution in [0.2, 0.25) is 0 Å². The third-order valence-corrected chi connectivity index (χ3v) is 10.8. The highest BCUT2D eigenvalue weighted by molar-refractivity contribution is 5.74. The lowest BCUT2D eigenvalue weighted by atomic mass is 9.98. The van der Waals surface area contributed by atoms with Gasteiger partial charge in [0.05, 0.1) is 6.61 Å². The van der Waals surface area contributed by atoms with Crippen LogP contribution in [0.5, 0.6) is 0 Å². The average Bonchev–Trinajstić information content (AvgIpc) is 3.29. The van der Waals surface area contributed by atoms with E-state index in [9.17, 15) is 34.5 Å². The summed E-state index contributed by atoms with van der Waals surface area (Å²) in [6.07, 6.45) is 37.8. The van der Waals surface area contributed by atoms with Crippen molar-refractivity contribution in [2.75, 3.05) is 13.2 Å². The normalized spacial score (nSPS) is 19.7. The molecule has 1 aliphatic rings. The number of aliphatic carboxylic acids is 1. The van der Waals surface area contributed by atoms with Gasteiger partial charge in [0, 0.05) is 19.3 Å². The summed E-state index contributed by atoms with van der Waals surface area (Å²) in [4.78, 5) is 50.6. The number of carbonyl (C=O) groups excluding carboxylic acids is 3. The van der Waals surface area contributed by atoms with E-state index in [4.69, 9.17) is 23.7 Å². The van der Waals surface area contributed by atoms with Gasteiger partial charge in [0.2, 0.25) is 0 Å². The van der Waals surface area contributed by atoms with E-state index in [1.165, 1.54) is 32.1 Å². The summed E-state index contributed by atoms with van der Waals surface area (Å²) >= 11 is 0. The smallest absolute Gasteiger partial charge is 0.335 e. The summed E-state index contributed by atoms with van der Waals surface area (Å²) in [7, 11) is 0. The molecular formula is C53H86O12. The molecule has 3 N–H and O–H groups in total. The summed E-state index contributed by atoms with van der Waals surface area (Å²) in [6, 6.07) is 0. The second-order valence-electron chi connectivity index (χ2n) is 16.7. The maximum Gasteiger partial charge on any atom is 0.335 e. The Morgan fingerprint density at radius 2 is 1.03 bits per heavy atom. The fourth-order valence-electron chi connectivity index (χ4n) is 6.95. The zero-order chi connectivity index (χ0) is 47.6. The Morgan fingerprint density at radius 3 is 1.60 bits per heavy atom. The Kier molecular flexibility index (Phi) is 37.9. The first-order valence-electron chi connectivity index (χ1n) is 24.9. The summed E-state index contributed by atoms with van der Waals surface area (Å²) in [5, 5.41) is 31.2. The van der Waals surface area contributed by atoms with Crippen molar-refractivity contribution in [3.63, 3.8) is 0 Å². The molecule has 370 valence electrons. The van der Waals surface area contributed by atoms with Gasteiger partial charge in [0.15, 0.2) is 24.6 Å². The van der Waals surface area contributed by atoms with Gasteiger partial charge in [-0.1, -0.05) is 171 Å². The van der Waals surface area contributed by atoms with E-state index in [0.717, 1.165) is 89.9 Å². The van der Waals surface area contributed by atoms with Gasteiger partial charge < -0.3 is 39.0 Å². The summed E-state index contributed by atoms with van der Waals surface area (Å²) in [5.41, 5.74) is 0. The first-order chi connectivity index (χ1) is 31.6. The number of rotatable bonds is 40. The summed E-state index contributed by atoms with van der Waals surface area (Å²) in [5.74, 6) is -3.25. The van der Waals surface area contributed by atoms with Gasteiger partial charge in [-0.25, -0.2) is 4.79 Å². The van der Waals surface area contributed by atoms with Crippen LogP contribution in [0.3, 0.4) is 0 Å².